The Kier molecular flexibility index (Phi) is 4.43. The number of halogens is 1. The Bertz CT molecular complexity index is 1190. The minimum Gasteiger partial charge on any atom is -0.354 e. The van der Waals surface area contributed by atoms with E-state index in [0.717, 1.165) is 35.6 Å². The van der Waals surface area contributed by atoms with Crippen LogP contribution in [0.5, 0.6) is 0 Å². The lowest BCUT2D eigenvalue weighted by molar-refractivity contribution is 0.460. The van der Waals surface area contributed by atoms with Gasteiger partial charge in [0.25, 0.3) is 0 Å². The number of aromatic amines is 1. The molecule has 0 unspecified atom stereocenters. The lowest BCUT2D eigenvalue weighted by atomic mass is 9.88. The van der Waals surface area contributed by atoms with Crippen molar-refractivity contribution in [2.75, 3.05) is 13.1 Å². The average Bonchev–Trinajstić information content (AvgIpc) is 3.28. The van der Waals surface area contributed by atoms with Gasteiger partial charge < -0.3 is 14.7 Å². The maximum absolute atomic E-state index is 14.7. The van der Waals surface area contributed by atoms with Crippen LogP contribution in [0.4, 0.5) is 4.39 Å². The second-order valence-electron chi connectivity index (χ2n) is 8.59. The zero-order valence-electron chi connectivity index (χ0n) is 17.2. The third-order valence-electron chi connectivity index (χ3n) is 6.17. The van der Waals surface area contributed by atoms with E-state index in [1.54, 1.807) is 10.5 Å². The van der Waals surface area contributed by atoms with Crippen molar-refractivity contribution < 1.29 is 4.39 Å². The first kappa shape index (κ1) is 18.4. The number of aromatic nitrogens is 3. The second kappa shape index (κ2) is 6.99. The van der Waals surface area contributed by atoms with Crippen LogP contribution in [0.2, 0.25) is 0 Å². The number of nitrogens with one attached hydrogen (secondary N) is 2. The van der Waals surface area contributed by atoms with Gasteiger partial charge in [-0.05, 0) is 74.0 Å². The van der Waals surface area contributed by atoms with Gasteiger partial charge in [-0.3, -0.25) is 0 Å². The summed E-state index contributed by atoms with van der Waals surface area (Å²) in [4.78, 5) is 7.86. The van der Waals surface area contributed by atoms with Gasteiger partial charge in [0.05, 0.1) is 11.4 Å². The van der Waals surface area contributed by atoms with Gasteiger partial charge in [0.2, 0.25) is 0 Å². The summed E-state index contributed by atoms with van der Waals surface area (Å²) in [5.74, 6) is 0.645. The van der Waals surface area contributed by atoms with Crippen molar-refractivity contribution in [3.05, 3.63) is 59.3 Å². The van der Waals surface area contributed by atoms with Crippen LogP contribution in [-0.4, -0.2) is 27.5 Å². The number of fused-ring (bicyclic) bond motifs is 2. The summed E-state index contributed by atoms with van der Waals surface area (Å²) < 4.78 is 16.5. The Labute approximate surface area is 170 Å². The number of hydrogen-bond donors (Lipinski definition) is 2. The van der Waals surface area contributed by atoms with Crippen molar-refractivity contribution in [3.63, 3.8) is 0 Å². The molecule has 1 aliphatic heterocycles. The highest BCUT2D eigenvalue weighted by Gasteiger charge is 2.21. The molecule has 4 nitrogen and oxygen atoms in total. The number of H-pyrrole nitrogens is 1. The molecule has 0 radical (unpaired) electrons. The fourth-order valence-corrected chi connectivity index (χ4v) is 4.78. The summed E-state index contributed by atoms with van der Waals surface area (Å²) in [6, 6.07) is 8.41. The van der Waals surface area contributed by atoms with Crippen LogP contribution >= 0.6 is 0 Å². The summed E-state index contributed by atoms with van der Waals surface area (Å²) in [6.07, 6.45) is 6.21. The number of piperidine rings is 1. The molecule has 5 heteroatoms. The Hall–Kier alpha value is -2.66. The number of pyridine rings is 1. The van der Waals surface area contributed by atoms with Gasteiger partial charge in [-0.1, -0.05) is 19.9 Å². The number of imidazole rings is 1. The Morgan fingerprint density at radius 2 is 1.93 bits per heavy atom. The predicted octanol–water partition coefficient (Wildman–Crippen LogP) is 5.52. The molecule has 0 spiro atoms. The molecular formula is C24H27FN4. The van der Waals surface area contributed by atoms with Crippen molar-refractivity contribution in [3.8, 4) is 11.3 Å². The van der Waals surface area contributed by atoms with E-state index < -0.39 is 0 Å². The first-order chi connectivity index (χ1) is 14.0. The SMILES string of the molecule is Cc1cn2cc(-c3[nH]c4ccc(C5CCNCC5)cc4c3C(C)C)cc(F)c2n1. The maximum atomic E-state index is 14.7. The fraction of sp³-hybridized carbons (Fsp3) is 0.375. The van der Waals surface area contributed by atoms with Gasteiger partial charge in [0, 0.05) is 28.9 Å². The molecule has 0 aliphatic carbocycles. The molecule has 150 valence electrons. The summed E-state index contributed by atoms with van der Waals surface area (Å²) in [5, 5.41) is 4.71. The smallest absolute Gasteiger partial charge is 0.173 e. The molecule has 0 atom stereocenters. The summed E-state index contributed by atoms with van der Waals surface area (Å²) in [7, 11) is 0. The van der Waals surface area contributed by atoms with Crippen molar-refractivity contribution in [2.24, 2.45) is 0 Å². The fourth-order valence-electron chi connectivity index (χ4n) is 4.78. The molecule has 0 bridgehead atoms. The number of benzene rings is 1. The second-order valence-corrected chi connectivity index (χ2v) is 8.59. The largest absolute Gasteiger partial charge is 0.354 e. The third kappa shape index (κ3) is 3.14. The Balaban J connectivity index is 1.68. The molecule has 1 fully saturated rings. The van der Waals surface area contributed by atoms with E-state index in [1.807, 2.05) is 19.3 Å². The average molecular weight is 391 g/mol. The van der Waals surface area contributed by atoms with E-state index in [2.05, 4.69) is 47.3 Å². The van der Waals surface area contributed by atoms with Crippen molar-refractivity contribution >= 4 is 16.6 Å². The zero-order valence-corrected chi connectivity index (χ0v) is 17.2. The first-order valence-corrected chi connectivity index (χ1v) is 10.5. The number of aryl methyl sites for hydroxylation is 1. The molecular weight excluding hydrogens is 363 g/mol. The molecule has 4 aromatic rings. The molecule has 0 amide bonds. The number of nitrogens with zero attached hydrogens (tertiary/aromatic N) is 2. The standard InChI is InChI=1S/C24H27FN4/c1-14(2)22-19-10-17(16-6-8-26-9-7-16)4-5-21(19)28-23(22)18-11-20(25)24-27-15(3)12-29(24)13-18/h4-5,10-14,16,26,28H,6-9H2,1-3H3. The minimum absolute atomic E-state index is 0.292. The van der Waals surface area contributed by atoms with Crippen LogP contribution in [0.3, 0.4) is 0 Å². The van der Waals surface area contributed by atoms with E-state index in [-0.39, 0.29) is 5.82 Å². The summed E-state index contributed by atoms with van der Waals surface area (Å²) in [6.45, 7) is 8.47. The van der Waals surface area contributed by atoms with E-state index in [4.69, 9.17) is 0 Å². The van der Waals surface area contributed by atoms with E-state index >= 15 is 0 Å². The van der Waals surface area contributed by atoms with Crippen molar-refractivity contribution in [1.82, 2.24) is 19.7 Å². The van der Waals surface area contributed by atoms with Gasteiger partial charge in [0.1, 0.15) is 0 Å². The first-order valence-electron chi connectivity index (χ1n) is 10.5. The number of rotatable bonds is 3. The lowest BCUT2D eigenvalue weighted by Crippen LogP contribution is -2.26. The molecule has 29 heavy (non-hydrogen) atoms. The molecule has 0 saturated carbocycles. The Morgan fingerprint density at radius 3 is 2.69 bits per heavy atom. The van der Waals surface area contributed by atoms with Gasteiger partial charge in [-0.25, -0.2) is 9.37 Å². The van der Waals surface area contributed by atoms with Gasteiger partial charge in [0.15, 0.2) is 11.5 Å². The highest BCUT2D eigenvalue weighted by Crippen LogP contribution is 2.38. The molecule has 1 aromatic carbocycles. The number of hydrogen-bond acceptors (Lipinski definition) is 2. The summed E-state index contributed by atoms with van der Waals surface area (Å²) in [5.41, 5.74) is 6.84. The van der Waals surface area contributed by atoms with E-state index in [9.17, 15) is 4.39 Å². The van der Waals surface area contributed by atoms with E-state index in [1.165, 1.54) is 29.4 Å². The van der Waals surface area contributed by atoms with Crippen LogP contribution in [0.25, 0.3) is 27.8 Å². The highest BCUT2D eigenvalue weighted by atomic mass is 19.1. The molecule has 3 aromatic heterocycles. The van der Waals surface area contributed by atoms with Gasteiger partial charge in [-0.15, -0.1) is 0 Å². The zero-order chi connectivity index (χ0) is 20.1. The van der Waals surface area contributed by atoms with Crippen LogP contribution in [0.15, 0.2) is 36.7 Å². The monoisotopic (exact) mass is 390 g/mol. The van der Waals surface area contributed by atoms with Gasteiger partial charge in [-0.2, -0.15) is 0 Å². The van der Waals surface area contributed by atoms with E-state index in [0.29, 0.717) is 17.5 Å². The van der Waals surface area contributed by atoms with Crippen molar-refractivity contribution in [2.45, 2.75) is 45.4 Å². The molecule has 1 saturated heterocycles. The topological polar surface area (TPSA) is 45.1 Å². The van der Waals surface area contributed by atoms with Crippen molar-refractivity contribution in [1.29, 1.82) is 0 Å². The van der Waals surface area contributed by atoms with Crippen LogP contribution in [-0.2, 0) is 0 Å². The van der Waals surface area contributed by atoms with Crippen LogP contribution in [0, 0.1) is 12.7 Å². The highest BCUT2D eigenvalue weighted by molar-refractivity contribution is 5.92. The minimum atomic E-state index is -0.292. The molecule has 4 heterocycles. The third-order valence-corrected chi connectivity index (χ3v) is 6.17. The predicted molar refractivity (Wildman–Crippen MR) is 116 cm³/mol. The quantitative estimate of drug-likeness (QED) is 0.484. The molecule has 5 rings (SSSR count). The Morgan fingerprint density at radius 1 is 1.14 bits per heavy atom. The van der Waals surface area contributed by atoms with Gasteiger partial charge >= 0.3 is 0 Å². The molecule has 1 aliphatic rings. The molecule has 2 N–H and O–H groups in total. The summed E-state index contributed by atoms with van der Waals surface area (Å²) >= 11 is 0. The maximum Gasteiger partial charge on any atom is 0.173 e. The normalized spacial score (nSPS) is 15.8. The lowest BCUT2D eigenvalue weighted by Gasteiger charge is -2.23. The van der Waals surface area contributed by atoms with Crippen LogP contribution < -0.4 is 5.32 Å². The van der Waals surface area contributed by atoms with Crippen LogP contribution in [0.1, 0.15) is 55.3 Å².